The minimum atomic E-state index is -0.199. The Labute approximate surface area is 67.2 Å². The molecule has 2 N–H and O–H groups in total. The highest BCUT2D eigenvalue weighted by molar-refractivity contribution is 4.97. The van der Waals surface area contributed by atoms with E-state index in [1.165, 1.54) is 0 Å². The lowest BCUT2D eigenvalue weighted by Gasteiger charge is -2.23. The Morgan fingerprint density at radius 1 is 1.55 bits per heavy atom. The fourth-order valence-electron chi connectivity index (χ4n) is 0.903. The van der Waals surface area contributed by atoms with Crippen LogP contribution in [0.1, 0.15) is 13.8 Å². The minimum absolute atomic E-state index is 0.0296. The fourth-order valence-corrected chi connectivity index (χ4v) is 0.903. The second-order valence-corrected chi connectivity index (χ2v) is 2.94. The Balaban J connectivity index is 2.32. The highest BCUT2D eigenvalue weighted by Crippen LogP contribution is 2.07. The standard InChI is InChI=1S/C8H15NO2/c1-6(2)11-8-4-3-7(9)5-10-8/h3-4,6-8H,5,9H2,1-2H3/t7-,8-/m1/s1. The maximum absolute atomic E-state index is 5.56. The molecule has 0 unspecified atom stereocenters. The predicted molar refractivity (Wildman–Crippen MR) is 43.1 cm³/mol. The number of ether oxygens (including phenoxy) is 2. The lowest BCUT2D eigenvalue weighted by molar-refractivity contribution is -0.139. The molecule has 0 fully saturated rings. The third-order valence-corrected chi connectivity index (χ3v) is 1.37. The molecule has 3 heteroatoms. The van der Waals surface area contributed by atoms with Gasteiger partial charge in [-0.25, -0.2) is 0 Å². The van der Waals surface area contributed by atoms with Gasteiger partial charge in [0.2, 0.25) is 0 Å². The van der Waals surface area contributed by atoms with Crippen LogP contribution in [-0.2, 0) is 9.47 Å². The van der Waals surface area contributed by atoms with Crippen LogP contribution in [-0.4, -0.2) is 25.0 Å². The SMILES string of the molecule is CC(C)O[C@@H]1C=C[C@@H](N)CO1. The molecular weight excluding hydrogens is 142 g/mol. The van der Waals surface area contributed by atoms with Gasteiger partial charge in [-0.2, -0.15) is 0 Å². The zero-order chi connectivity index (χ0) is 8.27. The number of nitrogens with two attached hydrogens (primary N) is 1. The molecule has 3 nitrogen and oxygen atoms in total. The molecule has 0 aromatic carbocycles. The van der Waals surface area contributed by atoms with Crippen LogP contribution in [0.3, 0.4) is 0 Å². The van der Waals surface area contributed by atoms with Gasteiger partial charge in [-0.3, -0.25) is 0 Å². The van der Waals surface area contributed by atoms with Crippen molar-refractivity contribution in [1.29, 1.82) is 0 Å². The zero-order valence-electron chi connectivity index (χ0n) is 6.99. The van der Waals surface area contributed by atoms with Gasteiger partial charge in [-0.05, 0) is 19.9 Å². The van der Waals surface area contributed by atoms with Gasteiger partial charge in [0.05, 0.1) is 12.7 Å². The first-order valence-electron chi connectivity index (χ1n) is 3.89. The molecule has 0 aromatic rings. The summed E-state index contributed by atoms with van der Waals surface area (Å²) in [6, 6.07) is 0.0296. The van der Waals surface area contributed by atoms with Gasteiger partial charge in [0.25, 0.3) is 0 Å². The van der Waals surface area contributed by atoms with Crippen LogP contribution in [0.2, 0.25) is 0 Å². The molecule has 0 aromatic heterocycles. The average Bonchev–Trinajstić information content (AvgIpc) is 1.93. The van der Waals surface area contributed by atoms with Crippen LogP contribution in [0.25, 0.3) is 0 Å². The fraction of sp³-hybridized carbons (Fsp3) is 0.750. The number of rotatable bonds is 2. The molecule has 64 valence electrons. The summed E-state index contributed by atoms with van der Waals surface area (Å²) < 4.78 is 10.6. The van der Waals surface area contributed by atoms with E-state index in [4.69, 9.17) is 15.2 Å². The highest BCUT2D eigenvalue weighted by Gasteiger charge is 2.13. The van der Waals surface area contributed by atoms with E-state index in [0.717, 1.165) is 0 Å². The van der Waals surface area contributed by atoms with Crippen LogP contribution in [0, 0.1) is 0 Å². The summed E-state index contributed by atoms with van der Waals surface area (Å²) in [7, 11) is 0. The molecule has 1 rings (SSSR count). The third kappa shape index (κ3) is 3.01. The molecule has 2 atom stereocenters. The average molecular weight is 157 g/mol. The number of hydrogen-bond acceptors (Lipinski definition) is 3. The second kappa shape index (κ2) is 3.85. The van der Waals surface area contributed by atoms with Crippen molar-refractivity contribution in [1.82, 2.24) is 0 Å². The lowest BCUT2D eigenvalue weighted by Crippen LogP contribution is -2.33. The van der Waals surface area contributed by atoms with E-state index in [2.05, 4.69) is 0 Å². The maximum atomic E-state index is 5.56. The van der Waals surface area contributed by atoms with Crippen LogP contribution in [0.15, 0.2) is 12.2 Å². The van der Waals surface area contributed by atoms with E-state index in [1.54, 1.807) is 0 Å². The molecule has 0 saturated carbocycles. The predicted octanol–water partition coefficient (Wildman–Crippen LogP) is 0.651. The van der Waals surface area contributed by atoms with E-state index >= 15 is 0 Å². The van der Waals surface area contributed by atoms with Crippen molar-refractivity contribution in [3.05, 3.63) is 12.2 Å². The first-order valence-corrected chi connectivity index (χ1v) is 3.89. The molecule has 0 amide bonds. The molecule has 0 radical (unpaired) electrons. The van der Waals surface area contributed by atoms with E-state index in [-0.39, 0.29) is 18.4 Å². The molecule has 11 heavy (non-hydrogen) atoms. The molecule has 1 aliphatic heterocycles. The Hall–Kier alpha value is -0.380. The van der Waals surface area contributed by atoms with Gasteiger partial charge in [-0.1, -0.05) is 6.08 Å². The van der Waals surface area contributed by atoms with Gasteiger partial charge >= 0.3 is 0 Å². The summed E-state index contributed by atoms with van der Waals surface area (Å²) in [5.41, 5.74) is 5.56. The van der Waals surface area contributed by atoms with Gasteiger partial charge in [0.15, 0.2) is 6.29 Å². The van der Waals surface area contributed by atoms with Crippen LogP contribution < -0.4 is 5.73 Å². The lowest BCUT2D eigenvalue weighted by atomic mass is 10.2. The maximum Gasteiger partial charge on any atom is 0.177 e. The van der Waals surface area contributed by atoms with Gasteiger partial charge in [-0.15, -0.1) is 0 Å². The van der Waals surface area contributed by atoms with Crippen molar-refractivity contribution in [3.8, 4) is 0 Å². The van der Waals surface area contributed by atoms with Crippen LogP contribution in [0.5, 0.6) is 0 Å². The highest BCUT2D eigenvalue weighted by atomic mass is 16.7. The van der Waals surface area contributed by atoms with E-state index in [1.807, 2.05) is 26.0 Å². The number of hydrogen-bond donors (Lipinski definition) is 1. The molecule has 1 aliphatic rings. The summed E-state index contributed by atoms with van der Waals surface area (Å²) >= 11 is 0. The van der Waals surface area contributed by atoms with Gasteiger partial charge in [0.1, 0.15) is 0 Å². The molecule has 0 aliphatic carbocycles. The van der Waals surface area contributed by atoms with E-state index < -0.39 is 0 Å². The van der Waals surface area contributed by atoms with E-state index in [0.29, 0.717) is 6.61 Å². The quantitative estimate of drug-likeness (QED) is 0.598. The Bertz CT molecular complexity index is 145. The van der Waals surface area contributed by atoms with Gasteiger partial charge < -0.3 is 15.2 Å². The molecule has 0 saturated heterocycles. The summed E-state index contributed by atoms with van der Waals surface area (Å²) in [5.74, 6) is 0. The smallest absolute Gasteiger partial charge is 0.177 e. The van der Waals surface area contributed by atoms with Crippen molar-refractivity contribution >= 4 is 0 Å². The van der Waals surface area contributed by atoms with Crippen molar-refractivity contribution in [2.45, 2.75) is 32.3 Å². The largest absolute Gasteiger partial charge is 0.347 e. The molecular formula is C8H15NO2. The minimum Gasteiger partial charge on any atom is -0.347 e. The zero-order valence-corrected chi connectivity index (χ0v) is 6.99. The normalized spacial score (nSPS) is 31.3. The Morgan fingerprint density at radius 3 is 2.73 bits per heavy atom. The Kier molecular flexibility index (Phi) is 3.05. The van der Waals surface area contributed by atoms with Crippen molar-refractivity contribution in [2.75, 3.05) is 6.61 Å². The summed E-state index contributed by atoms with van der Waals surface area (Å²) in [4.78, 5) is 0. The summed E-state index contributed by atoms with van der Waals surface area (Å²) in [6.45, 7) is 4.51. The van der Waals surface area contributed by atoms with Gasteiger partial charge in [0, 0.05) is 6.04 Å². The van der Waals surface area contributed by atoms with Crippen molar-refractivity contribution < 1.29 is 9.47 Å². The first-order chi connectivity index (χ1) is 5.18. The van der Waals surface area contributed by atoms with Crippen LogP contribution >= 0.6 is 0 Å². The molecule has 0 bridgehead atoms. The van der Waals surface area contributed by atoms with Crippen molar-refractivity contribution in [3.63, 3.8) is 0 Å². The first kappa shape index (κ1) is 8.71. The van der Waals surface area contributed by atoms with E-state index in [9.17, 15) is 0 Å². The topological polar surface area (TPSA) is 44.5 Å². The Morgan fingerprint density at radius 2 is 2.27 bits per heavy atom. The molecule has 0 spiro atoms. The van der Waals surface area contributed by atoms with Crippen molar-refractivity contribution in [2.24, 2.45) is 5.73 Å². The second-order valence-electron chi connectivity index (χ2n) is 2.94. The van der Waals surface area contributed by atoms with Crippen LogP contribution in [0.4, 0.5) is 0 Å². The summed E-state index contributed by atoms with van der Waals surface area (Å²) in [6.07, 6.45) is 3.76. The monoisotopic (exact) mass is 157 g/mol. The molecule has 1 heterocycles. The summed E-state index contributed by atoms with van der Waals surface area (Å²) in [5, 5.41) is 0. The third-order valence-electron chi connectivity index (χ3n) is 1.37.